The lowest BCUT2D eigenvalue weighted by Crippen LogP contribution is -2.39. The number of rotatable bonds is 2. The Kier molecular flexibility index (Phi) is 3.96. The molecule has 0 unspecified atom stereocenters. The number of phenols is 1. The van der Waals surface area contributed by atoms with Crippen molar-refractivity contribution in [3.8, 4) is 5.75 Å². The number of halogens is 1. The van der Waals surface area contributed by atoms with E-state index in [2.05, 4.69) is 5.32 Å². The first-order valence-corrected chi connectivity index (χ1v) is 7.19. The molecule has 0 radical (unpaired) electrons. The molecule has 2 N–H and O–H groups in total. The highest BCUT2D eigenvalue weighted by atomic mass is 32.2. The summed E-state index contributed by atoms with van der Waals surface area (Å²) in [4.78, 5) is 11.9. The normalized spacial score (nSPS) is 23.6. The molecule has 1 aliphatic heterocycles. The molecule has 0 atom stereocenters. The average molecular weight is 271 g/mol. The smallest absolute Gasteiger partial charge is 0.255 e. The van der Waals surface area contributed by atoms with E-state index in [-0.39, 0.29) is 17.4 Å². The molecule has 1 aromatic rings. The van der Waals surface area contributed by atoms with Crippen LogP contribution < -0.4 is 5.32 Å². The van der Waals surface area contributed by atoms with Crippen molar-refractivity contribution in [2.24, 2.45) is 0 Å². The maximum absolute atomic E-state index is 12.8. The van der Waals surface area contributed by atoms with Crippen LogP contribution in [0, 0.1) is 5.82 Å². The largest absolute Gasteiger partial charge is 0.507 e. The zero-order chi connectivity index (χ0) is 13.1. The Morgan fingerprint density at radius 2 is 2.06 bits per heavy atom. The Bertz CT molecular complexity index is 482. The molecule has 2 rings (SSSR count). The zero-order valence-electron chi connectivity index (χ0n) is 9.69. The van der Waals surface area contributed by atoms with Crippen molar-refractivity contribution in [2.75, 3.05) is 11.5 Å². The van der Waals surface area contributed by atoms with Crippen LogP contribution in [0.1, 0.15) is 23.2 Å². The van der Waals surface area contributed by atoms with E-state index in [0.717, 1.165) is 12.1 Å². The zero-order valence-corrected chi connectivity index (χ0v) is 10.5. The standard InChI is InChI=1S/C12H14FNO3S/c13-8-1-2-10(11(15)7-8)12(16)14-9-3-5-18(17)6-4-9/h1-2,7,9,15H,3-6H2,(H,14,16). The number of hydrogen-bond acceptors (Lipinski definition) is 3. The second-order valence-electron chi connectivity index (χ2n) is 4.26. The van der Waals surface area contributed by atoms with E-state index in [4.69, 9.17) is 0 Å². The predicted molar refractivity (Wildman–Crippen MR) is 66.4 cm³/mol. The van der Waals surface area contributed by atoms with E-state index in [0.29, 0.717) is 24.3 Å². The molecule has 1 amide bonds. The molecule has 1 fully saturated rings. The third-order valence-corrected chi connectivity index (χ3v) is 4.31. The molecule has 1 aromatic carbocycles. The maximum atomic E-state index is 12.8. The molecule has 0 aromatic heterocycles. The second-order valence-corrected chi connectivity index (χ2v) is 5.95. The summed E-state index contributed by atoms with van der Waals surface area (Å²) in [6.45, 7) is 0. The molecule has 1 heterocycles. The summed E-state index contributed by atoms with van der Waals surface area (Å²) in [7, 11) is -0.778. The third-order valence-electron chi connectivity index (χ3n) is 2.93. The van der Waals surface area contributed by atoms with Gasteiger partial charge in [0, 0.05) is 34.4 Å². The highest BCUT2D eigenvalue weighted by molar-refractivity contribution is 7.85. The van der Waals surface area contributed by atoms with E-state index in [1.165, 1.54) is 6.07 Å². The summed E-state index contributed by atoms with van der Waals surface area (Å²) in [6.07, 6.45) is 1.33. The Hall–Kier alpha value is -1.43. The van der Waals surface area contributed by atoms with Gasteiger partial charge < -0.3 is 10.4 Å². The summed E-state index contributed by atoms with van der Waals surface area (Å²) >= 11 is 0. The summed E-state index contributed by atoms with van der Waals surface area (Å²) in [6, 6.07) is 3.26. The van der Waals surface area contributed by atoms with Crippen molar-refractivity contribution in [1.29, 1.82) is 0 Å². The van der Waals surface area contributed by atoms with Crippen molar-refractivity contribution in [1.82, 2.24) is 5.32 Å². The van der Waals surface area contributed by atoms with Gasteiger partial charge in [0.1, 0.15) is 11.6 Å². The number of aromatic hydroxyl groups is 1. The van der Waals surface area contributed by atoms with E-state index >= 15 is 0 Å². The van der Waals surface area contributed by atoms with E-state index in [1.807, 2.05) is 0 Å². The Balaban J connectivity index is 2.01. The fourth-order valence-corrected chi connectivity index (χ4v) is 3.20. The quantitative estimate of drug-likeness (QED) is 0.848. The van der Waals surface area contributed by atoms with Crippen molar-refractivity contribution in [3.05, 3.63) is 29.6 Å². The van der Waals surface area contributed by atoms with Gasteiger partial charge in [-0.3, -0.25) is 9.00 Å². The highest BCUT2D eigenvalue weighted by Crippen LogP contribution is 2.19. The number of nitrogens with one attached hydrogen (secondary N) is 1. The summed E-state index contributed by atoms with van der Waals surface area (Å²) in [5, 5.41) is 12.2. The van der Waals surface area contributed by atoms with Crippen LogP contribution in [-0.2, 0) is 10.8 Å². The topological polar surface area (TPSA) is 66.4 Å². The Morgan fingerprint density at radius 1 is 1.39 bits per heavy atom. The number of hydrogen-bond donors (Lipinski definition) is 2. The SMILES string of the molecule is O=C(NC1CCS(=O)CC1)c1ccc(F)cc1O. The first kappa shape index (κ1) is 13.0. The minimum atomic E-state index is -0.778. The molecular formula is C12H14FNO3S. The number of carbonyl (C=O) groups is 1. The third kappa shape index (κ3) is 3.07. The lowest BCUT2D eigenvalue weighted by molar-refractivity contribution is 0.0932. The lowest BCUT2D eigenvalue weighted by Gasteiger charge is -2.22. The molecular weight excluding hydrogens is 257 g/mol. The molecule has 98 valence electrons. The summed E-state index contributed by atoms with van der Waals surface area (Å²) in [5.74, 6) is -0.213. The highest BCUT2D eigenvalue weighted by Gasteiger charge is 2.21. The van der Waals surface area contributed by atoms with Crippen LogP contribution >= 0.6 is 0 Å². The van der Waals surface area contributed by atoms with Crippen molar-refractivity contribution in [3.63, 3.8) is 0 Å². The molecule has 6 heteroatoms. The number of amides is 1. The first-order chi connectivity index (χ1) is 8.56. The van der Waals surface area contributed by atoms with E-state index in [1.54, 1.807) is 0 Å². The van der Waals surface area contributed by atoms with E-state index < -0.39 is 22.5 Å². The fraction of sp³-hybridized carbons (Fsp3) is 0.417. The fourth-order valence-electron chi connectivity index (χ4n) is 1.90. The monoisotopic (exact) mass is 271 g/mol. The van der Waals surface area contributed by atoms with Crippen LogP contribution in [-0.4, -0.2) is 32.8 Å². The van der Waals surface area contributed by atoms with Gasteiger partial charge in [-0.05, 0) is 25.0 Å². The van der Waals surface area contributed by atoms with Crippen molar-refractivity contribution >= 4 is 16.7 Å². The molecule has 4 nitrogen and oxygen atoms in total. The Morgan fingerprint density at radius 3 is 2.67 bits per heavy atom. The molecule has 1 saturated heterocycles. The minimum absolute atomic E-state index is 0.0281. The van der Waals surface area contributed by atoms with Crippen LogP contribution in [0.25, 0.3) is 0 Å². The van der Waals surface area contributed by atoms with Crippen LogP contribution in [0.2, 0.25) is 0 Å². The summed E-state index contributed by atoms with van der Waals surface area (Å²) < 4.78 is 24.0. The molecule has 0 saturated carbocycles. The van der Waals surface area contributed by atoms with E-state index in [9.17, 15) is 18.5 Å². The molecule has 0 aliphatic carbocycles. The van der Waals surface area contributed by atoms with Crippen LogP contribution in [0.5, 0.6) is 5.75 Å². The lowest BCUT2D eigenvalue weighted by atomic mass is 10.1. The van der Waals surface area contributed by atoms with Gasteiger partial charge in [-0.2, -0.15) is 0 Å². The first-order valence-electron chi connectivity index (χ1n) is 5.70. The van der Waals surface area contributed by atoms with Crippen molar-refractivity contribution in [2.45, 2.75) is 18.9 Å². The number of benzene rings is 1. The van der Waals surface area contributed by atoms with Crippen LogP contribution in [0.3, 0.4) is 0 Å². The Labute approximate surface area is 107 Å². The van der Waals surface area contributed by atoms with Crippen LogP contribution in [0.4, 0.5) is 4.39 Å². The maximum Gasteiger partial charge on any atom is 0.255 e. The van der Waals surface area contributed by atoms with Crippen LogP contribution in [0.15, 0.2) is 18.2 Å². The summed E-state index contributed by atoms with van der Waals surface area (Å²) in [5.41, 5.74) is 0.0584. The van der Waals surface area contributed by atoms with Gasteiger partial charge in [0.15, 0.2) is 0 Å². The number of phenolic OH excluding ortho intramolecular Hbond substituents is 1. The van der Waals surface area contributed by atoms with Gasteiger partial charge in [0.25, 0.3) is 5.91 Å². The second kappa shape index (κ2) is 5.48. The molecule has 0 spiro atoms. The predicted octanol–water partition coefficient (Wildman–Crippen LogP) is 1.17. The van der Waals surface area contributed by atoms with Gasteiger partial charge in [0.2, 0.25) is 0 Å². The molecule has 0 bridgehead atoms. The van der Waals surface area contributed by atoms with Gasteiger partial charge in [0.05, 0.1) is 5.56 Å². The molecule has 1 aliphatic rings. The van der Waals surface area contributed by atoms with Crippen molar-refractivity contribution < 1.29 is 18.5 Å². The van der Waals surface area contributed by atoms with Gasteiger partial charge in [-0.1, -0.05) is 0 Å². The van der Waals surface area contributed by atoms with Gasteiger partial charge >= 0.3 is 0 Å². The van der Waals surface area contributed by atoms with Gasteiger partial charge in [-0.25, -0.2) is 4.39 Å². The minimum Gasteiger partial charge on any atom is -0.507 e. The van der Waals surface area contributed by atoms with Gasteiger partial charge in [-0.15, -0.1) is 0 Å². The number of carbonyl (C=O) groups excluding carboxylic acids is 1. The average Bonchev–Trinajstić information content (AvgIpc) is 2.32. The molecule has 18 heavy (non-hydrogen) atoms.